The van der Waals surface area contributed by atoms with Crippen LogP contribution in [0.4, 0.5) is 5.69 Å². The molecule has 6 heteroatoms. The van der Waals surface area contributed by atoms with Crippen molar-refractivity contribution in [3.05, 3.63) is 35.5 Å². The third-order valence-electron chi connectivity index (χ3n) is 2.82. The largest absolute Gasteiger partial charge is 0.440 e. The number of nitrogens with two attached hydrogens (primary N) is 1. The number of fused-ring (bicyclic) bond motifs is 1. The van der Waals surface area contributed by atoms with E-state index in [1.807, 2.05) is 32.0 Å². The van der Waals surface area contributed by atoms with Gasteiger partial charge in [-0.3, -0.25) is 0 Å². The first-order valence-electron chi connectivity index (χ1n) is 5.84. The molecule has 0 aliphatic rings. The molecule has 2 N–H and O–H groups in total. The highest BCUT2D eigenvalue weighted by Gasteiger charge is 2.11. The summed E-state index contributed by atoms with van der Waals surface area (Å²) in [4.78, 5) is 8.67. The fourth-order valence-corrected chi connectivity index (χ4v) is 2.46. The van der Waals surface area contributed by atoms with Gasteiger partial charge >= 0.3 is 0 Å². The molecule has 2 aromatic heterocycles. The smallest absolute Gasteiger partial charge is 0.256 e. The van der Waals surface area contributed by atoms with Crippen molar-refractivity contribution in [1.82, 2.24) is 9.97 Å². The normalized spacial score (nSPS) is 11.3. The van der Waals surface area contributed by atoms with Crippen LogP contribution in [-0.2, 0) is 5.75 Å². The van der Waals surface area contributed by atoms with E-state index in [9.17, 15) is 0 Å². The summed E-state index contributed by atoms with van der Waals surface area (Å²) < 4.78 is 11.1. The van der Waals surface area contributed by atoms with Crippen LogP contribution in [0, 0.1) is 13.8 Å². The molecule has 0 atom stereocenters. The molecule has 0 radical (unpaired) electrons. The van der Waals surface area contributed by atoms with Gasteiger partial charge in [0.05, 0.1) is 17.1 Å². The zero-order chi connectivity index (χ0) is 13.4. The highest BCUT2D eigenvalue weighted by Crippen LogP contribution is 2.27. The van der Waals surface area contributed by atoms with E-state index in [-0.39, 0.29) is 0 Å². The van der Waals surface area contributed by atoms with Gasteiger partial charge in [0.25, 0.3) is 5.22 Å². The van der Waals surface area contributed by atoms with Crippen molar-refractivity contribution in [2.75, 3.05) is 5.73 Å². The number of nitrogen functional groups attached to an aromatic ring is 1. The van der Waals surface area contributed by atoms with Crippen LogP contribution in [0.15, 0.2) is 32.3 Å². The summed E-state index contributed by atoms with van der Waals surface area (Å²) in [7, 11) is 0. The zero-order valence-corrected chi connectivity index (χ0v) is 11.5. The molecular formula is C13H13N3O2S. The molecule has 0 bridgehead atoms. The van der Waals surface area contributed by atoms with Crippen LogP contribution in [0.1, 0.15) is 17.3 Å². The lowest BCUT2D eigenvalue weighted by Crippen LogP contribution is -1.85. The number of aryl methyl sites for hydroxylation is 2. The average molecular weight is 275 g/mol. The molecule has 0 amide bonds. The summed E-state index contributed by atoms with van der Waals surface area (Å²) in [6.45, 7) is 3.82. The Morgan fingerprint density at radius 1 is 1.21 bits per heavy atom. The monoisotopic (exact) mass is 275 g/mol. The number of benzene rings is 1. The van der Waals surface area contributed by atoms with Gasteiger partial charge in [-0.1, -0.05) is 17.8 Å². The van der Waals surface area contributed by atoms with E-state index in [1.54, 1.807) is 0 Å². The van der Waals surface area contributed by atoms with E-state index in [2.05, 4.69) is 9.97 Å². The number of thioether (sulfide) groups is 1. The minimum atomic E-state index is 0.563. The van der Waals surface area contributed by atoms with Crippen molar-refractivity contribution in [3.8, 4) is 0 Å². The van der Waals surface area contributed by atoms with Crippen molar-refractivity contribution in [1.29, 1.82) is 0 Å². The first-order chi connectivity index (χ1) is 9.13. The molecule has 0 unspecified atom stereocenters. The van der Waals surface area contributed by atoms with Crippen molar-refractivity contribution in [2.24, 2.45) is 0 Å². The maximum Gasteiger partial charge on any atom is 0.256 e. The van der Waals surface area contributed by atoms with Gasteiger partial charge in [-0.05, 0) is 26.0 Å². The van der Waals surface area contributed by atoms with Gasteiger partial charge in [0.2, 0.25) is 5.89 Å². The molecule has 2 heterocycles. The van der Waals surface area contributed by atoms with Crippen molar-refractivity contribution in [3.63, 3.8) is 0 Å². The Bertz CT molecular complexity index is 713. The van der Waals surface area contributed by atoms with Gasteiger partial charge in [0, 0.05) is 0 Å². The van der Waals surface area contributed by atoms with E-state index >= 15 is 0 Å². The van der Waals surface area contributed by atoms with Crippen molar-refractivity contribution >= 4 is 28.5 Å². The average Bonchev–Trinajstić information content (AvgIpc) is 2.92. The lowest BCUT2D eigenvalue weighted by molar-refractivity contribution is 0.430. The minimum Gasteiger partial charge on any atom is -0.440 e. The van der Waals surface area contributed by atoms with E-state index < -0.39 is 0 Å². The van der Waals surface area contributed by atoms with Gasteiger partial charge in [-0.15, -0.1) is 0 Å². The zero-order valence-electron chi connectivity index (χ0n) is 10.6. The Hall–Kier alpha value is -1.95. The van der Waals surface area contributed by atoms with E-state index in [4.69, 9.17) is 14.6 Å². The summed E-state index contributed by atoms with van der Waals surface area (Å²) in [5.74, 6) is 2.02. The van der Waals surface area contributed by atoms with Crippen LogP contribution in [0.25, 0.3) is 11.1 Å². The van der Waals surface area contributed by atoms with Crippen LogP contribution in [0.5, 0.6) is 0 Å². The number of oxazole rings is 2. The lowest BCUT2D eigenvalue weighted by Gasteiger charge is -1.90. The van der Waals surface area contributed by atoms with Gasteiger partial charge in [0.15, 0.2) is 5.58 Å². The highest BCUT2D eigenvalue weighted by atomic mass is 32.2. The van der Waals surface area contributed by atoms with Crippen molar-refractivity contribution < 1.29 is 8.83 Å². The Labute approximate surface area is 114 Å². The molecule has 3 rings (SSSR count). The second kappa shape index (κ2) is 4.62. The summed E-state index contributed by atoms with van der Waals surface area (Å²) in [5, 5.41) is 0.630. The van der Waals surface area contributed by atoms with Gasteiger partial charge < -0.3 is 14.6 Å². The third-order valence-corrected chi connectivity index (χ3v) is 3.64. The number of hydrogen-bond acceptors (Lipinski definition) is 6. The molecule has 0 spiro atoms. The Balaban J connectivity index is 1.80. The van der Waals surface area contributed by atoms with E-state index in [0.29, 0.717) is 33.7 Å². The lowest BCUT2D eigenvalue weighted by atomic mass is 10.3. The summed E-state index contributed by atoms with van der Waals surface area (Å²) >= 11 is 1.45. The van der Waals surface area contributed by atoms with E-state index in [1.165, 1.54) is 11.8 Å². The molecule has 1 aromatic carbocycles. The predicted octanol–water partition coefficient (Wildman–Crippen LogP) is 3.31. The number of hydrogen-bond donors (Lipinski definition) is 1. The number of rotatable bonds is 3. The molecule has 98 valence electrons. The maximum absolute atomic E-state index is 5.84. The predicted molar refractivity (Wildman–Crippen MR) is 74.0 cm³/mol. The van der Waals surface area contributed by atoms with Crippen LogP contribution < -0.4 is 5.73 Å². The van der Waals surface area contributed by atoms with Gasteiger partial charge in [-0.2, -0.15) is 0 Å². The quantitative estimate of drug-likeness (QED) is 0.583. The Kier molecular flexibility index (Phi) is 2.94. The summed E-state index contributed by atoms with van der Waals surface area (Å²) in [5.41, 5.74) is 8.78. The molecule has 0 aliphatic carbocycles. The number of para-hydroxylation sites is 1. The molecule has 0 fully saturated rings. The Morgan fingerprint density at radius 2 is 2.05 bits per heavy atom. The molecule has 0 aliphatic heterocycles. The van der Waals surface area contributed by atoms with Crippen LogP contribution >= 0.6 is 11.8 Å². The topological polar surface area (TPSA) is 78.1 Å². The van der Waals surface area contributed by atoms with Gasteiger partial charge in [0.1, 0.15) is 11.3 Å². The fraction of sp³-hybridized carbons (Fsp3) is 0.231. The molecule has 0 saturated heterocycles. The summed E-state index contributed by atoms with van der Waals surface area (Å²) in [6, 6.07) is 5.51. The summed E-state index contributed by atoms with van der Waals surface area (Å²) in [6.07, 6.45) is 0. The molecular weight excluding hydrogens is 262 g/mol. The first-order valence-corrected chi connectivity index (χ1v) is 6.83. The van der Waals surface area contributed by atoms with Crippen LogP contribution in [0.2, 0.25) is 0 Å². The third kappa shape index (κ3) is 2.31. The van der Waals surface area contributed by atoms with E-state index in [0.717, 1.165) is 11.5 Å². The molecule has 3 aromatic rings. The molecule has 5 nitrogen and oxygen atoms in total. The Morgan fingerprint density at radius 3 is 2.74 bits per heavy atom. The standard InChI is InChI=1S/C13H13N3O2S/c1-7-8(2)17-13(15-7)19-6-11-16-12-9(14)4-3-5-10(12)18-11/h3-5H,6,14H2,1-2H3. The van der Waals surface area contributed by atoms with Gasteiger partial charge in [-0.25, -0.2) is 9.97 Å². The number of anilines is 1. The number of aromatic nitrogens is 2. The fourth-order valence-electron chi connectivity index (χ4n) is 1.71. The maximum atomic E-state index is 5.84. The molecule has 0 saturated carbocycles. The molecule has 19 heavy (non-hydrogen) atoms. The van der Waals surface area contributed by atoms with Crippen molar-refractivity contribution in [2.45, 2.75) is 24.8 Å². The second-order valence-electron chi connectivity index (χ2n) is 4.21. The highest BCUT2D eigenvalue weighted by molar-refractivity contribution is 7.98. The first kappa shape index (κ1) is 12.1. The van der Waals surface area contributed by atoms with Crippen LogP contribution in [0.3, 0.4) is 0 Å². The minimum absolute atomic E-state index is 0.563. The SMILES string of the molecule is Cc1nc(SCc2nc3c(N)cccc3o2)oc1C. The van der Waals surface area contributed by atoms with Crippen LogP contribution in [-0.4, -0.2) is 9.97 Å². The number of nitrogens with zero attached hydrogens (tertiary/aromatic N) is 2. The second-order valence-corrected chi connectivity index (χ2v) is 5.14.